The van der Waals surface area contributed by atoms with E-state index in [2.05, 4.69) is 16.4 Å². The molecule has 58 valence electrons. The van der Waals surface area contributed by atoms with Crippen LogP contribution in [0.1, 0.15) is 16.7 Å². The maximum Gasteiger partial charge on any atom is 0.139 e. The molecule has 0 spiro atoms. The quantitative estimate of drug-likeness (QED) is 0.720. The van der Waals surface area contributed by atoms with Crippen molar-refractivity contribution in [1.29, 1.82) is 5.26 Å². The summed E-state index contributed by atoms with van der Waals surface area (Å²) >= 11 is 1.56. The van der Waals surface area contributed by atoms with Crippen molar-refractivity contribution in [2.75, 3.05) is 7.05 Å². The van der Waals surface area contributed by atoms with Gasteiger partial charge in [0.1, 0.15) is 6.04 Å². The second-order valence-electron chi connectivity index (χ2n) is 2.14. The first-order valence-corrected chi connectivity index (χ1v) is 4.15. The standard InChI is InChI=1S/C7H9N3S/c1-5-10-7(4-11-5)6(3-8)9-2/h4,6,9H,1-2H3. The highest BCUT2D eigenvalue weighted by atomic mass is 32.1. The topological polar surface area (TPSA) is 48.7 Å². The van der Waals surface area contributed by atoms with E-state index in [1.54, 1.807) is 18.4 Å². The van der Waals surface area contributed by atoms with Crippen molar-refractivity contribution in [3.8, 4) is 6.07 Å². The number of aromatic nitrogens is 1. The van der Waals surface area contributed by atoms with Crippen LogP contribution in [0.5, 0.6) is 0 Å². The van der Waals surface area contributed by atoms with Crippen LogP contribution < -0.4 is 5.32 Å². The van der Waals surface area contributed by atoms with E-state index >= 15 is 0 Å². The number of hydrogen-bond donors (Lipinski definition) is 1. The van der Waals surface area contributed by atoms with Gasteiger partial charge in [0, 0.05) is 5.38 Å². The highest BCUT2D eigenvalue weighted by Crippen LogP contribution is 2.14. The molecular weight excluding hydrogens is 158 g/mol. The molecule has 0 saturated heterocycles. The lowest BCUT2D eigenvalue weighted by molar-refractivity contribution is 0.708. The van der Waals surface area contributed by atoms with Crippen LogP contribution in [0, 0.1) is 18.3 Å². The van der Waals surface area contributed by atoms with E-state index < -0.39 is 0 Å². The summed E-state index contributed by atoms with van der Waals surface area (Å²) in [6, 6.07) is 1.85. The zero-order valence-corrected chi connectivity index (χ0v) is 7.27. The van der Waals surface area contributed by atoms with Crippen molar-refractivity contribution < 1.29 is 0 Å². The Hall–Kier alpha value is -0.920. The molecule has 1 aromatic rings. The van der Waals surface area contributed by atoms with E-state index in [0.29, 0.717) is 0 Å². The molecule has 1 rings (SSSR count). The Labute approximate surface area is 69.7 Å². The fourth-order valence-corrected chi connectivity index (χ4v) is 1.43. The third kappa shape index (κ3) is 1.76. The highest BCUT2D eigenvalue weighted by Gasteiger charge is 2.09. The van der Waals surface area contributed by atoms with Gasteiger partial charge in [-0.1, -0.05) is 0 Å². The number of hydrogen-bond acceptors (Lipinski definition) is 4. The molecule has 0 aromatic carbocycles. The van der Waals surface area contributed by atoms with E-state index in [1.807, 2.05) is 12.3 Å². The molecule has 1 aromatic heterocycles. The van der Waals surface area contributed by atoms with Gasteiger partial charge >= 0.3 is 0 Å². The van der Waals surface area contributed by atoms with Crippen molar-refractivity contribution in [1.82, 2.24) is 10.3 Å². The van der Waals surface area contributed by atoms with E-state index in [1.165, 1.54) is 0 Å². The van der Waals surface area contributed by atoms with Gasteiger partial charge in [-0.05, 0) is 14.0 Å². The molecule has 11 heavy (non-hydrogen) atoms. The third-order valence-corrected chi connectivity index (χ3v) is 2.14. The lowest BCUT2D eigenvalue weighted by atomic mass is 10.2. The van der Waals surface area contributed by atoms with E-state index in [9.17, 15) is 0 Å². The lowest BCUT2D eigenvalue weighted by Crippen LogP contribution is -2.14. The van der Waals surface area contributed by atoms with Crippen LogP contribution in [-0.4, -0.2) is 12.0 Å². The van der Waals surface area contributed by atoms with Crippen molar-refractivity contribution >= 4 is 11.3 Å². The van der Waals surface area contributed by atoms with Crippen molar-refractivity contribution in [3.63, 3.8) is 0 Å². The first-order chi connectivity index (χ1) is 5.27. The molecule has 0 saturated carbocycles. The minimum atomic E-state index is -0.264. The van der Waals surface area contributed by atoms with E-state index in [4.69, 9.17) is 5.26 Å². The van der Waals surface area contributed by atoms with Gasteiger partial charge in [0.2, 0.25) is 0 Å². The number of nitrogens with zero attached hydrogens (tertiary/aromatic N) is 2. The largest absolute Gasteiger partial charge is 0.300 e. The summed E-state index contributed by atoms with van der Waals surface area (Å²) in [4.78, 5) is 4.19. The second kappa shape index (κ2) is 3.46. The van der Waals surface area contributed by atoms with Crippen LogP contribution in [0.4, 0.5) is 0 Å². The predicted octanol–water partition coefficient (Wildman–Crippen LogP) is 1.24. The van der Waals surface area contributed by atoms with Crippen LogP contribution in [0.3, 0.4) is 0 Å². The molecule has 3 nitrogen and oxygen atoms in total. The molecule has 1 unspecified atom stereocenters. The third-order valence-electron chi connectivity index (χ3n) is 1.35. The number of rotatable bonds is 2. The molecule has 0 aliphatic carbocycles. The highest BCUT2D eigenvalue weighted by molar-refractivity contribution is 7.09. The van der Waals surface area contributed by atoms with Crippen molar-refractivity contribution in [2.45, 2.75) is 13.0 Å². The fraction of sp³-hybridized carbons (Fsp3) is 0.429. The molecule has 1 N–H and O–H groups in total. The maximum absolute atomic E-state index is 8.64. The summed E-state index contributed by atoms with van der Waals surface area (Å²) in [5.74, 6) is 0. The smallest absolute Gasteiger partial charge is 0.139 e. The Morgan fingerprint density at radius 1 is 1.82 bits per heavy atom. The van der Waals surface area contributed by atoms with Crippen molar-refractivity contribution in [2.24, 2.45) is 0 Å². The molecule has 0 amide bonds. The van der Waals surface area contributed by atoms with Gasteiger partial charge in [0.15, 0.2) is 0 Å². The van der Waals surface area contributed by atoms with Gasteiger partial charge in [-0.25, -0.2) is 4.98 Å². The SMILES string of the molecule is CNC(C#N)c1csc(C)n1. The van der Waals surface area contributed by atoms with Gasteiger partial charge in [-0.15, -0.1) is 11.3 Å². The average molecular weight is 167 g/mol. The Kier molecular flexibility index (Phi) is 2.58. The molecule has 0 fully saturated rings. The van der Waals surface area contributed by atoms with Crippen LogP contribution in [-0.2, 0) is 0 Å². The molecule has 0 aliphatic rings. The first-order valence-electron chi connectivity index (χ1n) is 3.27. The number of nitriles is 1. The first kappa shape index (κ1) is 8.18. The average Bonchev–Trinajstić information content (AvgIpc) is 2.39. The fourth-order valence-electron chi connectivity index (χ4n) is 0.791. The van der Waals surface area contributed by atoms with Crippen LogP contribution in [0.25, 0.3) is 0 Å². The van der Waals surface area contributed by atoms with Gasteiger partial charge in [-0.3, -0.25) is 5.32 Å². The molecule has 1 atom stereocenters. The molecule has 0 bridgehead atoms. The second-order valence-corrected chi connectivity index (χ2v) is 3.20. The van der Waals surface area contributed by atoms with E-state index in [-0.39, 0.29) is 6.04 Å². The summed E-state index contributed by atoms with van der Waals surface area (Å²) in [5, 5.41) is 14.4. The van der Waals surface area contributed by atoms with Gasteiger partial charge < -0.3 is 0 Å². The predicted molar refractivity (Wildman–Crippen MR) is 44.3 cm³/mol. The summed E-state index contributed by atoms with van der Waals surface area (Å²) < 4.78 is 0. The number of aryl methyl sites for hydroxylation is 1. The minimum Gasteiger partial charge on any atom is -0.300 e. The Balaban J connectivity index is 2.84. The summed E-state index contributed by atoms with van der Waals surface area (Å²) in [6.45, 7) is 1.93. The Morgan fingerprint density at radius 2 is 2.55 bits per heavy atom. The monoisotopic (exact) mass is 167 g/mol. The summed E-state index contributed by atoms with van der Waals surface area (Å²) in [5.41, 5.74) is 0.817. The molecule has 1 heterocycles. The summed E-state index contributed by atoms with van der Waals surface area (Å²) in [6.07, 6.45) is 0. The van der Waals surface area contributed by atoms with Gasteiger partial charge in [0.05, 0.1) is 16.8 Å². The van der Waals surface area contributed by atoms with E-state index in [0.717, 1.165) is 10.7 Å². The number of thiazole rings is 1. The molecule has 4 heteroatoms. The zero-order chi connectivity index (χ0) is 8.27. The Morgan fingerprint density at radius 3 is 2.91 bits per heavy atom. The normalized spacial score (nSPS) is 12.5. The Bertz CT molecular complexity index is 273. The van der Waals surface area contributed by atoms with Gasteiger partial charge in [-0.2, -0.15) is 5.26 Å². The minimum absolute atomic E-state index is 0.264. The maximum atomic E-state index is 8.64. The molecule has 0 aliphatic heterocycles. The van der Waals surface area contributed by atoms with Crippen LogP contribution in [0.2, 0.25) is 0 Å². The molecule has 0 radical (unpaired) electrons. The van der Waals surface area contributed by atoms with Crippen LogP contribution in [0.15, 0.2) is 5.38 Å². The molecular formula is C7H9N3S. The van der Waals surface area contributed by atoms with Crippen molar-refractivity contribution in [3.05, 3.63) is 16.1 Å². The zero-order valence-electron chi connectivity index (χ0n) is 6.46. The van der Waals surface area contributed by atoms with Crippen LogP contribution >= 0.6 is 11.3 Å². The number of nitrogens with one attached hydrogen (secondary N) is 1. The van der Waals surface area contributed by atoms with Gasteiger partial charge in [0.25, 0.3) is 0 Å². The lowest BCUT2D eigenvalue weighted by Gasteiger charge is -2.01. The summed E-state index contributed by atoms with van der Waals surface area (Å²) in [7, 11) is 1.75.